The molecular formula is C20H26Cl2N2O7S. The molecule has 1 aliphatic heterocycles. The van der Waals surface area contributed by atoms with Crippen molar-refractivity contribution in [3.05, 3.63) is 39.9 Å². The third kappa shape index (κ3) is 6.00. The maximum atomic E-state index is 12.5. The number of carbonyl (C=O) groups is 1. The fraction of sp³-hybridized carbons (Fsp3) is 0.550. The summed E-state index contributed by atoms with van der Waals surface area (Å²) < 4.78 is 32.6. The minimum absolute atomic E-state index is 0.0520. The maximum Gasteiger partial charge on any atom is 0.244 e. The lowest BCUT2D eigenvalue weighted by molar-refractivity contribution is -0.244. The number of hydrogen-bond acceptors (Lipinski definition) is 7. The Labute approximate surface area is 196 Å². The summed E-state index contributed by atoms with van der Waals surface area (Å²) in [5.74, 6) is -0.504. The van der Waals surface area contributed by atoms with Crippen LogP contribution in [0.25, 0.3) is 0 Å². The molecule has 0 bridgehead atoms. The van der Waals surface area contributed by atoms with Gasteiger partial charge in [-0.15, -0.1) is 0 Å². The zero-order valence-corrected chi connectivity index (χ0v) is 19.4. The standard InChI is InChI=1S/C20H26Cl2N2O7S/c21-12-7-4-8-14(16(12)22)32(29,30)23-10-13-18(26)19(27)17(20(28)31-13)24-15(25)9-11-5-2-1-3-6-11/h4,7-9,13,17-20,23,26-28H,1-3,5-6,10H2,(H,24,25)/t13-,17-,18-,19-,20+/m1/s1. The van der Waals surface area contributed by atoms with Gasteiger partial charge in [-0.25, -0.2) is 13.1 Å². The normalized spacial score (nSPS) is 28.9. The van der Waals surface area contributed by atoms with Crippen molar-refractivity contribution in [1.82, 2.24) is 10.0 Å². The highest BCUT2D eigenvalue weighted by Crippen LogP contribution is 2.29. The van der Waals surface area contributed by atoms with E-state index in [-0.39, 0.29) is 14.9 Å². The van der Waals surface area contributed by atoms with Crippen LogP contribution in [0, 0.1) is 0 Å². The number of rotatable bonds is 6. The molecule has 32 heavy (non-hydrogen) atoms. The fourth-order valence-electron chi connectivity index (χ4n) is 3.77. The zero-order valence-electron chi connectivity index (χ0n) is 17.1. The maximum absolute atomic E-state index is 12.5. The molecule has 12 heteroatoms. The van der Waals surface area contributed by atoms with Gasteiger partial charge in [0.15, 0.2) is 6.29 Å². The number of carbonyl (C=O) groups excluding carboxylic acids is 1. The largest absolute Gasteiger partial charge is 0.388 e. The van der Waals surface area contributed by atoms with Crippen molar-refractivity contribution in [3.63, 3.8) is 0 Å². The SMILES string of the molecule is O=C(C=C1CCCCC1)N[C@@H]1[C@@H](O)[C@H](O)[C@@H](CNS(=O)(=O)c2cccc(Cl)c2Cl)O[C@@H]1O. The van der Waals surface area contributed by atoms with E-state index >= 15 is 0 Å². The molecule has 1 saturated carbocycles. The van der Waals surface area contributed by atoms with Crippen molar-refractivity contribution in [2.45, 2.75) is 67.6 Å². The first-order valence-electron chi connectivity index (χ1n) is 10.2. The summed E-state index contributed by atoms with van der Waals surface area (Å²) in [5.41, 5.74) is 0.988. The number of aliphatic hydroxyl groups is 3. The molecule has 2 fully saturated rings. The van der Waals surface area contributed by atoms with Gasteiger partial charge in [-0.3, -0.25) is 4.79 Å². The Bertz CT molecular complexity index is 965. The molecule has 0 aromatic heterocycles. The lowest BCUT2D eigenvalue weighted by Crippen LogP contribution is -2.64. The van der Waals surface area contributed by atoms with Crippen molar-refractivity contribution in [2.24, 2.45) is 0 Å². The molecule has 0 unspecified atom stereocenters. The van der Waals surface area contributed by atoms with Gasteiger partial charge in [-0.2, -0.15) is 0 Å². The molecule has 3 rings (SSSR count). The van der Waals surface area contributed by atoms with Gasteiger partial charge < -0.3 is 25.4 Å². The van der Waals surface area contributed by atoms with E-state index in [9.17, 15) is 28.5 Å². The van der Waals surface area contributed by atoms with Crippen LogP contribution in [0.4, 0.5) is 0 Å². The summed E-state index contributed by atoms with van der Waals surface area (Å²) in [7, 11) is -4.12. The van der Waals surface area contributed by atoms with Gasteiger partial charge >= 0.3 is 0 Å². The van der Waals surface area contributed by atoms with E-state index in [1.807, 2.05) is 0 Å². The Morgan fingerprint density at radius 1 is 1.12 bits per heavy atom. The second kappa shape index (κ2) is 10.8. The van der Waals surface area contributed by atoms with Crippen molar-refractivity contribution in [2.75, 3.05) is 6.54 Å². The monoisotopic (exact) mass is 508 g/mol. The predicted molar refractivity (Wildman–Crippen MR) is 118 cm³/mol. The van der Waals surface area contributed by atoms with E-state index in [4.69, 9.17) is 27.9 Å². The zero-order chi connectivity index (χ0) is 23.5. The lowest BCUT2D eigenvalue weighted by Gasteiger charge is -2.40. The van der Waals surface area contributed by atoms with Crippen LogP contribution in [0.3, 0.4) is 0 Å². The van der Waals surface area contributed by atoms with E-state index in [1.165, 1.54) is 24.3 Å². The first kappa shape index (κ1) is 25.4. The summed E-state index contributed by atoms with van der Waals surface area (Å²) in [6.45, 7) is -0.467. The van der Waals surface area contributed by atoms with Crippen LogP contribution in [0.2, 0.25) is 10.0 Å². The van der Waals surface area contributed by atoms with Crippen LogP contribution in [0.5, 0.6) is 0 Å². The van der Waals surface area contributed by atoms with Gasteiger partial charge in [0, 0.05) is 12.6 Å². The molecule has 2 aliphatic rings. The Morgan fingerprint density at radius 3 is 2.50 bits per heavy atom. The Balaban J connectivity index is 1.61. The van der Waals surface area contributed by atoms with E-state index in [0.29, 0.717) is 0 Å². The molecule has 1 saturated heterocycles. The summed E-state index contributed by atoms with van der Waals surface area (Å²) >= 11 is 11.8. The van der Waals surface area contributed by atoms with Crippen LogP contribution in [-0.4, -0.2) is 66.8 Å². The van der Waals surface area contributed by atoms with Crippen LogP contribution in [0.1, 0.15) is 32.1 Å². The van der Waals surface area contributed by atoms with Gasteiger partial charge in [-0.1, -0.05) is 41.3 Å². The third-order valence-corrected chi connectivity index (χ3v) is 7.94. The number of aliphatic hydroxyl groups excluding tert-OH is 3. The van der Waals surface area contributed by atoms with Gasteiger partial charge in [0.1, 0.15) is 29.2 Å². The molecule has 5 atom stereocenters. The van der Waals surface area contributed by atoms with Crippen molar-refractivity contribution in [3.8, 4) is 0 Å². The van der Waals surface area contributed by atoms with Crippen LogP contribution in [-0.2, 0) is 19.6 Å². The minimum Gasteiger partial charge on any atom is -0.388 e. The number of halogens is 2. The number of hydrogen-bond donors (Lipinski definition) is 5. The van der Waals surface area contributed by atoms with Crippen molar-refractivity contribution >= 4 is 39.1 Å². The molecular weight excluding hydrogens is 483 g/mol. The topological polar surface area (TPSA) is 145 Å². The van der Waals surface area contributed by atoms with Gasteiger partial charge in [0.05, 0.1) is 10.0 Å². The summed E-state index contributed by atoms with van der Waals surface area (Å²) in [6, 6.07) is 2.82. The number of ether oxygens (including phenoxy) is 1. The molecule has 178 valence electrons. The number of sulfonamides is 1. The van der Waals surface area contributed by atoms with E-state index in [1.54, 1.807) is 0 Å². The molecule has 1 amide bonds. The minimum atomic E-state index is -4.12. The average molecular weight is 509 g/mol. The van der Waals surface area contributed by atoms with Crippen LogP contribution >= 0.6 is 23.2 Å². The molecule has 9 nitrogen and oxygen atoms in total. The summed E-state index contributed by atoms with van der Waals surface area (Å²) in [5, 5.41) is 33.4. The third-order valence-electron chi connectivity index (χ3n) is 5.54. The van der Waals surface area contributed by atoms with Gasteiger partial charge in [0.25, 0.3) is 0 Å². The van der Waals surface area contributed by atoms with E-state index < -0.39 is 53.1 Å². The molecule has 0 radical (unpaired) electrons. The summed E-state index contributed by atoms with van der Waals surface area (Å²) in [6.07, 6.45) is 0.112. The first-order valence-corrected chi connectivity index (χ1v) is 12.5. The first-order chi connectivity index (χ1) is 15.1. The van der Waals surface area contributed by atoms with Gasteiger partial charge in [-0.05, 0) is 37.8 Å². The van der Waals surface area contributed by atoms with E-state index in [2.05, 4.69) is 10.0 Å². The predicted octanol–water partition coefficient (Wildman–Crippen LogP) is 1.09. The fourth-order valence-corrected chi connectivity index (χ4v) is 5.58. The van der Waals surface area contributed by atoms with Crippen LogP contribution < -0.4 is 10.0 Å². The lowest BCUT2D eigenvalue weighted by atomic mass is 9.94. The molecule has 1 heterocycles. The highest BCUT2D eigenvalue weighted by Gasteiger charge is 2.44. The number of amides is 1. The quantitative estimate of drug-likeness (QED) is 0.361. The van der Waals surface area contributed by atoms with E-state index in [0.717, 1.165) is 37.7 Å². The van der Waals surface area contributed by atoms with Crippen molar-refractivity contribution < 1.29 is 33.3 Å². The highest BCUT2D eigenvalue weighted by atomic mass is 35.5. The highest BCUT2D eigenvalue weighted by molar-refractivity contribution is 7.89. The number of nitrogens with one attached hydrogen (secondary N) is 2. The molecule has 1 aromatic carbocycles. The molecule has 5 N–H and O–H groups in total. The smallest absolute Gasteiger partial charge is 0.244 e. The Kier molecular flexibility index (Phi) is 8.56. The Morgan fingerprint density at radius 2 is 1.81 bits per heavy atom. The molecule has 0 spiro atoms. The summed E-state index contributed by atoms with van der Waals surface area (Å²) in [4.78, 5) is 12.0. The van der Waals surface area contributed by atoms with Gasteiger partial charge in [0.2, 0.25) is 15.9 Å². The number of allylic oxidation sites excluding steroid dienone is 1. The van der Waals surface area contributed by atoms with Crippen molar-refractivity contribution in [1.29, 1.82) is 0 Å². The molecule has 1 aliphatic carbocycles. The second-order valence-electron chi connectivity index (χ2n) is 7.85. The second-order valence-corrected chi connectivity index (χ2v) is 10.4. The van der Waals surface area contributed by atoms with Crippen LogP contribution in [0.15, 0.2) is 34.7 Å². The number of benzene rings is 1. The Hall–Kier alpha value is -1.24. The molecule has 1 aromatic rings. The average Bonchev–Trinajstić information content (AvgIpc) is 2.75.